The molecule has 2 heterocycles. The third-order valence-corrected chi connectivity index (χ3v) is 4.80. The summed E-state index contributed by atoms with van der Waals surface area (Å²) in [7, 11) is 0. The van der Waals surface area contributed by atoms with Crippen molar-refractivity contribution in [2.24, 2.45) is 0 Å². The van der Waals surface area contributed by atoms with Gasteiger partial charge in [0, 0.05) is 4.91 Å². The van der Waals surface area contributed by atoms with Crippen molar-refractivity contribution in [3.05, 3.63) is 59.5 Å². The fourth-order valence-corrected chi connectivity index (χ4v) is 3.32. The van der Waals surface area contributed by atoms with Gasteiger partial charge in [0.15, 0.2) is 0 Å². The average molecular weight is 326 g/mol. The molecule has 0 bridgehead atoms. The molecule has 1 N–H and O–H groups in total. The Kier molecular flexibility index (Phi) is 4.27. The van der Waals surface area contributed by atoms with Gasteiger partial charge in [0.2, 0.25) is 0 Å². The summed E-state index contributed by atoms with van der Waals surface area (Å²) in [5.41, 5.74) is 2.69. The summed E-state index contributed by atoms with van der Waals surface area (Å²) >= 11 is 3.11. The molecular weight excluding hydrogens is 312 g/mol. The van der Waals surface area contributed by atoms with Gasteiger partial charge in [-0.2, -0.15) is 0 Å². The molecule has 22 heavy (non-hydrogen) atoms. The fraction of sp³-hybridized carbons (Fsp3) is 0.0588. The van der Waals surface area contributed by atoms with Crippen molar-refractivity contribution in [3.8, 4) is 16.3 Å². The summed E-state index contributed by atoms with van der Waals surface area (Å²) in [4.78, 5) is 11.2. The molecule has 0 saturated heterocycles. The van der Waals surface area contributed by atoms with Gasteiger partial charge in [0.05, 0.1) is 10.4 Å². The maximum Gasteiger partial charge on any atom is 0.143 e. The van der Waals surface area contributed by atoms with E-state index in [1.165, 1.54) is 11.8 Å². The number of para-hydroxylation sites is 1. The molecule has 0 aliphatic rings. The van der Waals surface area contributed by atoms with E-state index in [9.17, 15) is 5.11 Å². The molecule has 0 fully saturated rings. The molecule has 110 valence electrons. The molecule has 0 spiro atoms. The smallest absolute Gasteiger partial charge is 0.143 e. The third kappa shape index (κ3) is 2.77. The predicted octanol–water partition coefficient (Wildman–Crippen LogP) is 5.30. The Balaban J connectivity index is 2.24. The van der Waals surface area contributed by atoms with Gasteiger partial charge in [-0.1, -0.05) is 36.5 Å². The van der Waals surface area contributed by atoms with Crippen LogP contribution in [-0.2, 0) is 0 Å². The minimum absolute atomic E-state index is 0.132. The number of benzene rings is 1. The molecule has 0 aliphatic carbocycles. The first kappa shape index (κ1) is 14.8. The van der Waals surface area contributed by atoms with Crippen LogP contribution in [0.15, 0.2) is 53.8 Å². The Morgan fingerprint density at radius 1 is 1.27 bits per heavy atom. The second kappa shape index (κ2) is 6.34. The topological polar surface area (TPSA) is 46.0 Å². The number of allylic oxidation sites excluding steroid dienone is 1. The number of hydrogen-bond acceptors (Lipinski definition) is 5. The van der Waals surface area contributed by atoms with Crippen LogP contribution < -0.4 is 0 Å². The monoisotopic (exact) mass is 326 g/mol. The number of fused-ring (bicyclic) bond motifs is 1. The summed E-state index contributed by atoms with van der Waals surface area (Å²) in [5.74, 6) is 0.132. The summed E-state index contributed by atoms with van der Waals surface area (Å²) in [6.07, 6.45) is 1.95. The molecule has 0 amide bonds. The second-order valence-electron chi connectivity index (χ2n) is 4.55. The Hall–Kier alpha value is -2.11. The van der Waals surface area contributed by atoms with Crippen molar-refractivity contribution in [1.29, 1.82) is 0 Å². The Bertz CT molecular complexity index is 854. The largest absolute Gasteiger partial charge is 0.506 e. The van der Waals surface area contributed by atoms with E-state index in [1.807, 2.05) is 42.0 Å². The van der Waals surface area contributed by atoms with Gasteiger partial charge >= 0.3 is 0 Å². The first-order valence-electron chi connectivity index (χ1n) is 6.71. The number of phenolic OH excluding ortho intramolecular Hbond substituents is 1. The first-order chi connectivity index (χ1) is 10.7. The number of thiophene rings is 1. The van der Waals surface area contributed by atoms with E-state index in [0.29, 0.717) is 16.7 Å². The van der Waals surface area contributed by atoms with Gasteiger partial charge in [0.25, 0.3) is 0 Å². The lowest BCUT2D eigenvalue weighted by Gasteiger charge is -2.10. The average Bonchev–Trinajstić information content (AvgIpc) is 3.06. The van der Waals surface area contributed by atoms with Gasteiger partial charge in [-0.15, -0.1) is 11.3 Å². The highest BCUT2D eigenvalue weighted by molar-refractivity contribution is 8.10. The van der Waals surface area contributed by atoms with E-state index < -0.39 is 0 Å². The van der Waals surface area contributed by atoms with Crippen LogP contribution in [-0.4, -0.2) is 15.1 Å². The molecule has 3 nitrogen and oxygen atoms in total. The van der Waals surface area contributed by atoms with Crippen molar-refractivity contribution < 1.29 is 5.11 Å². The van der Waals surface area contributed by atoms with E-state index in [0.717, 1.165) is 15.5 Å². The van der Waals surface area contributed by atoms with Crippen molar-refractivity contribution >= 4 is 39.0 Å². The Labute approximate surface area is 137 Å². The van der Waals surface area contributed by atoms with Crippen LogP contribution >= 0.6 is 23.1 Å². The molecule has 1 aromatic carbocycles. The summed E-state index contributed by atoms with van der Waals surface area (Å²) in [6, 6.07) is 9.24. The minimum Gasteiger partial charge on any atom is -0.506 e. The maximum atomic E-state index is 10.0. The number of nitrogens with zero attached hydrogens (tertiary/aromatic N) is 2. The molecule has 0 aliphatic heterocycles. The van der Waals surface area contributed by atoms with E-state index in [-0.39, 0.29) is 5.75 Å². The van der Waals surface area contributed by atoms with Gasteiger partial charge in [-0.25, -0.2) is 9.97 Å². The summed E-state index contributed by atoms with van der Waals surface area (Å²) < 4.78 is 0. The molecule has 5 heteroatoms. The van der Waals surface area contributed by atoms with Crippen LogP contribution in [0.4, 0.5) is 0 Å². The van der Waals surface area contributed by atoms with E-state index in [2.05, 4.69) is 11.6 Å². The van der Waals surface area contributed by atoms with Crippen molar-refractivity contribution in [3.63, 3.8) is 0 Å². The van der Waals surface area contributed by atoms with Crippen molar-refractivity contribution in [2.45, 2.75) is 6.92 Å². The number of thioether (sulfide) groups is 1. The highest BCUT2D eigenvalue weighted by Gasteiger charge is 2.16. The third-order valence-electron chi connectivity index (χ3n) is 3.04. The molecule has 3 rings (SSSR count). The highest BCUT2D eigenvalue weighted by atomic mass is 32.2. The van der Waals surface area contributed by atoms with Gasteiger partial charge in [-0.3, -0.25) is 0 Å². The second-order valence-corrected chi connectivity index (χ2v) is 6.50. The van der Waals surface area contributed by atoms with Crippen LogP contribution in [0.5, 0.6) is 5.75 Å². The van der Waals surface area contributed by atoms with Gasteiger partial charge < -0.3 is 5.11 Å². The Morgan fingerprint density at radius 2 is 2.14 bits per heavy atom. The van der Waals surface area contributed by atoms with Crippen molar-refractivity contribution in [1.82, 2.24) is 9.97 Å². The lowest BCUT2D eigenvalue weighted by Crippen LogP contribution is -1.96. The zero-order valence-corrected chi connectivity index (χ0v) is 13.6. The van der Waals surface area contributed by atoms with E-state index in [4.69, 9.17) is 4.98 Å². The molecule has 3 aromatic rings. The summed E-state index contributed by atoms with van der Waals surface area (Å²) in [5, 5.41) is 14.0. The van der Waals surface area contributed by atoms with Gasteiger partial charge in [0.1, 0.15) is 22.7 Å². The SMILES string of the molecule is C=C(S/C=C\C)c1nc2c(O)cccc2nc1-c1cccs1. The number of hydrogen-bond donors (Lipinski definition) is 1. The fourth-order valence-electron chi connectivity index (χ4n) is 2.05. The standard InChI is InChI=1S/C17H14N2OS2/c1-3-9-21-11(2)15-17(14-8-5-10-22-14)18-12-6-4-7-13(20)16(12)19-15/h3-10,20H,2H2,1H3/b9-3-. The van der Waals surface area contributed by atoms with Crippen LogP contribution in [0, 0.1) is 0 Å². The molecule has 2 aromatic heterocycles. The molecule has 0 radical (unpaired) electrons. The number of aromatic nitrogens is 2. The minimum atomic E-state index is 0.132. The zero-order valence-electron chi connectivity index (χ0n) is 12.0. The predicted molar refractivity (Wildman–Crippen MR) is 96.0 cm³/mol. The van der Waals surface area contributed by atoms with Crippen LogP contribution in [0.3, 0.4) is 0 Å². The lowest BCUT2D eigenvalue weighted by molar-refractivity contribution is 0.480. The number of aromatic hydroxyl groups is 1. The lowest BCUT2D eigenvalue weighted by atomic mass is 10.2. The quantitative estimate of drug-likeness (QED) is 0.706. The van der Waals surface area contributed by atoms with Crippen molar-refractivity contribution in [2.75, 3.05) is 0 Å². The highest BCUT2D eigenvalue weighted by Crippen LogP contribution is 2.36. The Morgan fingerprint density at radius 3 is 2.86 bits per heavy atom. The molecular formula is C17H14N2OS2. The number of rotatable bonds is 4. The van der Waals surface area contributed by atoms with Crippen LogP contribution in [0.2, 0.25) is 0 Å². The normalized spacial score (nSPS) is 11.3. The number of phenols is 1. The van der Waals surface area contributed by atoms with Crippen LogP contribution in [0.1, 0.15) is 12.6 Å². The molecule has 0 unspecified atom stereocenters. The van der Waals surface area contributed by atoms with E-state index in [1.54, 1.807) is 23.5 Å². The molecule has 0 atom stereocenters. The zero-order chi connectivity index (χ0) is 15.5. The van der Waals surface area contributed by atoms with Gasteiger partial charge in [-0.05, 0) is 35.9 Å². The van der Waals surface area contributed by atoms with E-state index >= 15 is 0 Å². The molecule has 0 saturated carbocycles. The summed E-state index contributed by atoms with van der Waals surface area (Å²) in [6.45, 7) is 6.06. The first-order valence-corrected chi connectivity index (χ1v) is 8.47. The van der Waals surface area contributed by atoms with Crippen LogP contribution in [0.25, 0.3) is 26.5 Å². The maximum absolute atomic E-state index is 10.0.